The van der Waals surface area contributed by atoms with Crippen LogP contribution >= 0.6 is 30.5 Å². The maximum atomic E-state index is 12.7. The lowest BCUT2D eigenvalue weighted by molar-refractivity contribution is -0.118. The highest BCUT2D eigenvalue weighted by Crippen LogP contribution is 2.55. The summed E-state index contributed by atoms with van der Waals surface area (Å²) in [5.74, 6) is -0.547. The van der Waals surface area contributed by atoms with Gasteiger partial charge in [0.05, 0.1) is 0 Å². The first-order valence-electron chi connectivity index (χ1n) is 8.02. The summed E-state index contributed by atoms with van der Waals surface area (Å²) in [5, 5.41) is 2.66. The number of carbonyl (C=O) groups excluding carboxylic acids is 1. The van der Waals surface area contributed by atoms with Gasteiger partial charge in [0.15, 0.2) is 5.78 Å². The van der Waals surface area contributed by atoms with E-state index in [0.29, 0.717) is 21.7 Å². The Morgan fingerprint density at radius 1 is 1.22 bits per heavy atom. The van der Waals surface area contributed by atoms with Crippen LogP contribution in [0.1, 0.15) is 23.2 Å². The molecule has 1 unspecified atom stereocenters. The normalized spacial score (nSPS) is 13.3. The number of rotatable bonds is 6. The monoisotopic (exact) mass is 421 g/mol. The van der Waals surface area contributed by atoms with Crippen molar-refractivity contribution in [2.24, 2.45) is 0 Å². The summed E-state index contributed by atoms with van der Waals surface area (Å²) >= 11 is 7.34. The molecule has 3 aromatic rings. The van der Waals surface area contributed by atoms with Crippen LogP contribution in [-0.2, 0) is 9.36 Å². The summed E-state index contributed by atoms with van der Waals surface area (Å²) in [5.41, 5.74) is 5.91. The van der Waals surface area contributed by atoms with Crippen molar-refractivity contribution in [3.05, 3.63) is 70.1 Å². The summed E-state index contributed by atoms with van der Waals surface area (Å²) in [7, 11) is -4.70. The Bertz CT molecular complexity index is 1060. The second-order valence-corrected chi connectivity index (χ2v) is 9.10. The lowest BCUT2D eigenvalue weighted by Gasteiger charge is -2.16. The predicted octanol–water partition coefficient (Wildman–Crippen LogP) is 5.03. The SMILES string of the molecule is Nc1ccc(/C=C/CC(=O)C(c2csc3ccc(Cl)cc23)P(=O)(O)O)cc1. The highest BCUT2D eigenvalue weighted by molar-refractivity contribution is 7.53. The van der Waals surface area contributed by atoms with Crippen molar-refractivity contribution in [1.82, 2.24) is 0 Å². The molecule has 0 aliphatic heterocycles. The Kier molecular flexibility index (Phi) is 5.84. The van der Waals surface area contributed by atoms with Crippen LogP contribution < -0.4 is 5.73 Å². The average Bonchev–Trinajstić information content (AvgIpc) is 2.98. The molecule has 0 amide bonds. The van der Waals surface area contributed by atoms with E-state index < -0.39 is 19.0 Å². The first-order chi connectivity index (χ1) is 12.8. The number of nitrogen functional groups attached to an aromatic ring is 1. The number of hydrogen-bond acceptors (Lipinski definition) is 4. The van der Waals surface area contributed by atoms with Gasteiger partial charge in [-0.25, -0.2) is 0 Å². The van der Waals surface area contributed by atoms with Crippen LogP contribution in [0.5, 0.6) is 0 Å². The molecule has 1 heterocycles. The number of hydrogen-bond donors (Lipinski definition) is 3. The third-order valence-electron chi connectivity index (χ3n) is 4.07. The zero-order valence-electron chi connectivity index (χ0n) is 14.1. The van der Waals surface area contributed by atoms with E-state index in [4.69, 9.17) is 17.3 Å². The van der Waals surface area contributed by atoms with E-state index >= 15 is 0 Å². The molecule has 0 bridgehead atoms. The van der Waals surface area contributed by atoms with Gasteiger partial charge >= 0.3 is 7.60 Å². The van der Waals surface area contributed by atoms with Gasteiger partial charge in [-0.1, -0.05) is 35.9 Å². The van der Waals surface area contributed by atoms with Crippen molar-refractivity contribution in [2.45, 2.75) is 12.1 Å². The molecule has 140 valence electrons. The lowest BCUT2D eigenvalue weighted by Crippen LogP contribution is -2.12. The van der Waals surface area contributed by atoms with Crippen molar-refractivity contribution in [1.29, 1.82) is 0 Å². The molecule has 5 nitrogen and oxygen atoms in total. The Balaban J connectivity index is 1.88. The van der Waals surface area contributed by atoms with Crippen molar-refractivity contribution >= 4 is 58.2 Å². The van der Waals surface area contributed by atoms with Crippen molar-refractivity contribution in [3.63, 3.8) is 0 Å². The highest BCUT2D eigenvalue weighted by Gasteiger charge is 2.37. The fraction of sp³-hybridized carbons (Fsp3) is 0.105. The first-order valence-corrected chi connectivity index (χ1v) is 11.0. The fourth-order valence-corrected chi connectivity index (χ4v) is 5.10. The number of thiophene rings is 1. The minimum absolute atomic E-state index is 0.0991. The fourth-order valence-electron chi connectivity index (χ4n) is 2.80. The van der Waals surface area contributed by atoms with Gasteiger partial charge in [0.25, 0.3) is 0 Å². The van der Waals surface area contributed by atoms with Gasteiger partial charge in [0.2, 0.25) is 0 Å². The van der Waals surface area contributed by atoms with E-state index in [0.717, 1.165) is 10.3 Å². The Morgan fingerprint density at radius 3 is 2.59 bits per heavy atom. The van der Waals surface area contributed by atoms with Crippen LogP contribution in [0.25, 0.3) is 16.2 Å². The number of nitrogens with two attached hydrogens (primary N) is 1. The number of carbonyl (C=O) groups is 1. The first kappa shape index (κ1) is 19.8. The second kappa shape index (κ2) is 7.97. The van der Waals surface area contributed by atoms with Gasteiger partial charge in [0, 0.05) is 21.8 Å². The second-order valence-electron chi connectivity index (χ2n) is 6.06. The van der Waals surface area contributed by atoms with E-state index in [2.05, 4.69) is 0 Å². The summed E-state index contributed by atoms with van der Waals surface area (Å²) in [6, 6.07) is 12.2. The molecule has 8 heteroatoms. The maximum absolute atomic E-state index is 12.7. The van der Waals surface area contributed by atoms with E-state index in [1.54, 1.807) is 60.0 Å². The zero-order valence-corrected chi connectivity index (χ0v) is 16.5. The number of ketones is 1. The van der Waals surface area contributed by atoms with Gasteiger partial charge < -0.3 is 15.5 Å². The molecule has 0 aliphatic rings. The van der Waals surface area contributed by atoms with Crippen molar-refractivity contribution < 1.29 is 19.1 Å². The average molecular weight is 422 g/mol. The minimum Gasteiger partial charge on any atom is -0.399 e. The number of benzene rings is 2. The quantitative estimate of drug-likeness (QED) is 0.383. The molecule has 0 spiro atoms. The Hall–Kier alpha value is -1.95. The molecule has 1 aromatic heterocycles. The molecule has 0 aliphatic carbocycles. The van der Waals surface area contributed by atoms with Crippen LogP contribution in [-0.4, -0.2) is 15.6 Å². The van der Waals surface area contributed by atoms with E-state index in [9.17, 15) is 19.1 Å². The molecular weight excluding hydrogens is 405 g/mol. The smallest absolute Gasteiger partial charge is 0.340 e. The van der Waals surface area contributed by atoms with E-state index in [1.807, 2.05) is 0 Å². The van der Waals surface area contributed by atoms with Crippen LogP contribution in [0.2, 0.25) is 5.02 Å². The van der Waals surface area contributed by atoms with Crippen LogP contribution in [0, 0.1) is 0 Å². The summed E-state index contributed by atoms with van der Waals surface area (Å²) < 4.78 is 12.9. The Labute approximate surface area is 165 Å². The number of anilines is 1. The van der Waals surface area contributed by atoms with Gasteiger partial charge in [-0.2, -0.15) is 0 Å². The Morgan fingerprint density at radius 2 is 1.93 bits per heavy atom. The summed E-state index contributed by atoms with van der Waals surface area (Å²) in [4.78, 5) is 32.3. The minimum atomic E-state index is -4.70. The van der Waals surface area contributed by atoms with Crippen molar-refractivity contribution in [3.8, 4) is 0 Å². The zero-order chi connectivity index (χ0) is 19.6. The topological polar surface area (TPSA) is 101 Å². The van der Waals surface area contributed by atoms with Crippen LogP contribution in [0.15, 0.2) is 53.9 Å². The molecule has 0 saturated heterocycles. The summed E-state index contributed by atoms with van der Waals surface area (Å²) in [6.07, 6.45) is 3.22. The number of halogens is 1. The molecule has 27 heavy (non-hydrogen) atoms. The van der Waals surface area contributed by atoms with E-state index in [-0.39, 0.29) is 6.42 Å². The molecule has 1 atom stereocenters. The van der Waals surface area contributed by atoms with Gasteiger partial charge in [-0.3, -0.25) is 9.36 Å². The molecule has 3 rings (SSSR count). The molecule has 0 fully saturated rings. The lowest BCUT2D eigenvalue weighted by atomic mass is 10.0. The molecule has 2 aromatic carbocycles. The third-order valence-corrected chi connectivity index (χ3v) is 6.52. The number of allylic oxidation sites excluding steroid dienone is 1. The largest absolute Gasteiger partial charge is 0.399 e. The number of Topliss-reactive ketones (excluding diaryl/α,β-unsaturated/α-hetero) is 1. The highest BCUT2D eigenvalue weighted by atomic mass is 35.5. The summed E-state index contributed by atoms with van der Waals surface area (Å²) in [6.45, 7) is 0. The van der Waals surface area contributed by atoms with Crippen LogP contribution in [0.4, 0.5) is 5.69 Å². The molecule has 0 saturated carbocycles. The molecule has 4 N–H and O–H groups in total. The molecular formula is C19H17ClNO4PS. The number of fused-ring (bicyclic) bond motifs is 1. The van der Waals surface area contributed by atoms with E-state index in [1.165, 1.54) is 11.3 Å². The van der Waals surface area contributed by atoms with Gasteiger partial charge in [-0.15, -0.1) is 11.3 Å². The van der Waals surface area contributed by atoms with Crippen LogP contribution in [0.3, 0.4) is 0 Å². The van der Waals surface area contributed by atoms with Gasteiger partial charge in [0.1, 0.15) is 5.66 Å². The predicted molar refractivity (Wildman–Crippen MR) is 111 cm³/mol. The standard InChI is InChI=1S/C19H17ClNO4PS/c20-13-6-9-18-15(10-13)16(11-27-18)19(26(23,24)25)17(22)3-1-2-12-4-7-14(21)8-5-12/h1-2,4-11,19H,3,21H2,(H2,23,24,25)/b2-1+. The maximum Gasteiger partial charge on any atom is 0.340 e. The third kappa shape index (κ3) is 4.67. The van der Waals surface area contributed by atoms with Crippen molar-refractivity contribution in [2.75, 3.05) is 5.73 Å². The molecule has 0 radical (unpaired) electrons. The van der Waals surface area contributed by atoms with Gasteiger partial charge in [-0.05, 0) is 52.2 Å².